The van der Waals surface area contributed by atoms with Gasteiger partial charge in [-0.3, -0.25) is 0 Å². The summed E-state index contributed by atoms with van der Waals surface area (Å²) in [4.78, 5) is 0. The monoisotopic (exact) mass is 246 g/mol. The summed E-state index contributed by atoms with van der Waals surface area (Å²) in [6.07, 6.45) is 0. The summed E-state index contributed by atoms with van der Waals surface area (Å²) in [7, 11) is 1.59. The van der Waals surface area contributed by atoms with Crippen LogP contribution in [-0.2, 0) is 0 Å². The molecule has 0 aliphatic heterocycles. The minimum absolute atomic E-state index is 0.435. The Morgan fingerprint density at radius 2 is 1.25 bits per heavy atom. The molecule has 16 heavy (non-hydrogen) atoms. The molecule has 2 aromatic carbocycles. The van der Waals surface area contributed by atoms with Crippen LogP contribution in [0.15, 0.2) is 60.7 Å². The molecule has 2 rings (SSSR count). The van der Waals surface area contributed by atoms with E-state index < -0.39 is 0 Å². The van der Waals surface area contributed by atoms with Gasteiger partial charge >= 0.3 is 0 Å². The van der Waals surface area contributed by atoms with Crippen LogP contribution < -0.4 is 0 Å². The molecule has 0 aliphatic rings. The lowest BCUT2D eigenvalue weighted by Crippen LogP contribution is -2.02. The highest BCUT2D eigenvalue weighted by Crippen LogP contribution is 2.29. The summed E-state index contributed by atoms with van der Waals surface area (Å²) in [5.41, 5.74) is 2.71. The minimum atomic E-state index is 0.435. The first-order valence-electron chi connectivity index (χ1n) is 5.28. The lowest BCUT2D eigenvalue weighted by Gasteiger charge is -2.16. The molecule has 0 aliphatic carbocycles. The first kappa shape index (κ1) is 11.6. The summed E-state index contributed by atoms with van der Waals surface area (Å²) in [6.45, 7) is 0. The fourth-order valence-electron chi connectivity index (χ4n) is 1.83. The Bertz CT molecular complexity index is 372. The molecular weight excluding hydrogens is 232 g/mol. The van der Waals surface area contributed by atoms with Gasteiger partial charge in [0.2, 0.25) is 0 Å². The van der Waals surface area contributed by atoms with Crippen molar-refractivity contribution in [1.29, 1.82) is 0 Å². The fourth-order valence-corrected chi connectivity index (χ4v) is 2.81. The Labute approximate surface area is 106 Å². The predicted molar refractivity (Wildman–Crippen MR) is 76.2 cm³/mol. The maximum absolute atomic E-state index is 4.28. The summed E-state index contributed by atoms with van der Waals surface area (Å²) in [5, 5.41) is 0. The van der Waals surface area contributed by atoms with Crippen LogP contribution in [0.4, 0.5) is 0 Å². The van der Waals surface area contributed by atoms with Crippen molar-refractivity contribution in [3.63, 3.8) is 0 Å². The Balaban J connectivity index is 2.31. The van der Waals surface area contributed by atoms with Crippen molar-refractivity contribution in [2.45, 2.75) is 5.92 Å². The van der Waals surface area contributed by atoms with E-state index in [2.05, 4.69) is 72.3 Å². The highest BCUT2D eigenvalue weighted by molar-refractivity contribution is 8.68. The third kappa shape index (κ3) is 2.83. The molecule has 0 fully saturated rings. The maximum Gasteiger partial charge on any atom is 0.0188 e. The van der Waals surface area contributed by atoms with E-state index >= 15 is 0 Å². The molecule has 0 radical (unpaired) electrons. The van der Waals surface area contributed by atoms with E-state index in [4.69, 9.17) is 0 Å². The van der Waals surface area contributed by atoms with Crippen LogP contribution in [0.25, 0.3) is 0 Å². The summed E-state index contributed by atoms with van der Waals surface area (Å²) >= 11 is 4.28. The third-order valence-corrected chi connectivity index (χ3v) is 3.57. The molecule has 0 heterocycles. The summed E-state index contributed by atoms with van der Waals surface area (Å²) in [5.74, 6) is 1.43. The molecular formula is C14H14S2. The van der Waals surface area contributed by atoms with Crippen LogP contribution >= 0.6 is 22.5 Å². The Morgan fingerprint density at radius 1 is 0.812 bits per heavy atom. The van der Waals surface area contributed by atoms with Gasteiger partial charge in [-0.15, -0.1) is 11.7 Å². The molecule has 2 aromatic rings. The molecule has 0 unspecified atom stereocenters. The van der Waals surface area contributed by atoms with Crippen molar-refractivity contribution in [2.24, 2.45) is 0 Å². The summed E-state index contributed by atoms with van der Waals surface area (Å²) in [6, 6.07) is 21.2. The van der Waals surface area contributed by atoms with Crippen molar-refractivity contribution in [2.75, 3.05) is 5.75 Å². The van der Waals surface area contributed by atoms with E-state index in [0.29, 0.717) is 5.92 Å². The molecule has 0 bridgehead atoms. The van der Waals surface area contributed by atoms with Gasteiger partial charge in [-0.25, -0.2) is 0 Å². The molecule has 0 aromatic heterocycles. The van der Waals surface area contributed by atoms with E-state index in [1.165, 1.54) is 11.1 Å². The van der Waals surface area contributed by atoms with Gasteiger partial charge in [-0.2, -0.15) is 0 Å². The zero-order chi connectivity index (χ0) is 11.2. The Morgan fingerprint density at radius 3 is 1.62 bits per heavy atom. The highest BCUT2D eigenvalue weighted by atomic mass is 33.1. The molecule has 2 heteroatoms. The van der Waals surface area contributed by atoms with E-state index in [-0.39, 0.29) is 0 Å². The normalized spacial score (nSPS) is 10.6. The average Bonchev–Trinajstić information content (AvgIpc) is 2.38. The lowest BCUT2D eigenvalue weighted by atomic mass is 9.93. The van der Waals surface area contributed by atoms with E-state index in [1.807, 2.05) is 0 Å². The van der Waals surface area contributed by atoms with Crippen molar-refractivity contribution in [3.8, 4) is 0 Å². The molecule has 0 saturated carbocycles. The SMILES string of the molecule is SSCC(c1ccccc1)c1ccccc1. The zero-order valence-electron chi connectivity index (χ0n) is 8.91. The van der Waals surface area contributed by atoms with Gasteiger partial charge in [-0.1, -0.05) is 71.5 Å². The van der Waals surface area contributed by atoms with E-state index in [9.17, 15) is 0 Å². The van der Waals surface area contributed by atoms with E-state index in [1.54, 1.807) is 10.8 Å². The summed E-state index contributed by atoms with van der Waals surface area (Å²) < 4.78 is 0. The average molecular weight is 246 g/mol. The van der Waals surface area contributed by atoms with Gasteiger partial charge in [0, 0.05) is 11.7 Å². The van der Waals surface area contributed by atoms with Gasteiger partial charge in [0.25, 0.3) is 0 Å². The maximum atomic E-state index is 4.28. The van der Waals surface area contributed by atoms with Crippen LogP contribution in [0.2, 0.25) is 0 Å². The number of benzene rings is 2. The molecule has 0 N–H and O–H groups in total. The van der Waals surface area contributed by atoms with E-state index in [0.717, 1.165) is 5.75 Å². The van der Waals surface area contributed by atoms with Crippen LogP contribution in [0, 0.1) is 0 Å². The Kier molecular flexibility index (Phi) is 4.37. The number of thiol groups is 1. The van der Waals surface area contributed by atoms with Gasteiger partial charge in [0.1, 0.15) is 0 Å². The van der Waals surface area contributed by atoms with Crippen molar-refractivity contribution >= 4 is 22.5 Å². The molecule has 0 nitrogen and oxygen atoms in total. The van der Waals surface area contributed by atoms with Crippen LogP contribution in [0.5, 0.6) is 0 Å². The predicted octanol–water partition coefficient (Wildman–Crippen LogP) is 4.40. The van der Waals surface area contributed by atoms with Crippen molar-refractivity contribution in [3.05, 3.63) is 71.8 Å². The van der Waals surface area contributed by atoms with Gasteiger partial charge in [0.05, 0.1) is 0 Å². The molecule has 82 valence electrons. The highest BCUT2D eigenvalue weighted by Gasteiger charge is 2.12. The fraction of sp³-hybridized carbons (Fsp3) is 0.143. The molecule has 0 saturated heterocycles. The second-order valence-corrected chi connectivity index (χ2v) is 5.04. The number of rotatable bonds is 4. The molecule has 0 spiro atoms. The second kappa shape index (κ2) is 6.02. The van der Waals surface area contributed by atoms with Gasteiger partial charge < -0.3 is 0 Å². The standard InChI is InChI=1S/C14H14S2/c15-16-11-14(12-7-3-1-4-8-12)13-9-5-2-6-10-13/h1-10,14-15H,11H2. The largest absolute Gasteiger partial charge is 0.111 e. The number of hydrogen-bond acceptors (Lipinski definition) is 2. The zero-order valence-corrected chi connectivity index (χ0v) is 10.6. The molecule has 0 amide bonds. The van der Waals surface area contributed by atoms with Crippen LogP contribution in [-0.4, -0.2) is 5.75 Å². The third-order valence-electron chi connectivity index (χ3n) is 2.65. The Hall–Kier alpha value is -0.860. The first-order chi connectivity index (χ1) is 7.92. The number of hydrogen-bond donors (Lipinski definition) is 1. The van der Waals surface area contributed by atoms with Crippen LogP contribution in [0.3, 0.4) is 0 Å². The van der Waals surface area contributed by atoms with Crippen LogP contribution in [0.1, 0.15) is 17.0 Å². The van der Waals surface area contributed by atoms with Gasteiger partial charge in [0.15, 0.2) is 0 Å². The lowest BCUT2D eigenvalue weighted by molar-refractivity contribution is 0.940. The van der Waals surface area contributed by atoms with Gasteiger partial charge in [-0.05, 0) is 11.1 Å². The smallest absolute Gasteiger partial charge is 0.0188 e. The van der Waals surface area contributed by atoms with Crippen molar-refractivity contribution < 1.29 is 0 Å². The second-order valence-electron chi connectivity index (χ2n) is 3.67. The molecule has 0 atom stereocenters. The topological polar surface area (TPSA) is 0 Å². The minimum Gasteiger partial charge on any atom is -0.111 e. The van der Waals surface area contributed by atoms with Crippen molar-refractivity contribution in [1.82, 2.24) is 0 Å². The first-order valence-corrected chi connectivity index (χ1v) is 7.32. The quantitative estimate of drug-likeness (QED) is 0.616.